The highest BCUT2D eigenvalue weighted by atomic mass is 16.3. The molecule has 2 rings (SSSR count). The molecule has 1 atom stereocenters. The third-order valence-electron chi connectivity index (χ3n) is 2.24. The van der Waals surface area contributed by atoms with Gasteiger partial charge in [-0.05, 0) is 30.7 Å². The fourth-order valence-corrected chi connectivity index (χ4v) is 1.38. The van der Waals surface area contributed by atoms with Gasteiger partial charge in [-0.1, -0.05) is 0 Å². The van der Waals surface area contributed by atoms with Crippen LogP contribution in [0.3, 0.4) is 0 Å². The summed E-state index contributed by atoms with van der Waals surface area (Å²) in [4.78, 5) is 3.02. The van der Waals surface area contributed by atoms with Crippen molar-refractivity contribution in [1.82, 2.24) is 10.3 Å². The Balaban J connectivity index is 1.87. The Morgan fingerprint density at radius 3 is 3.07 bits per heavy atom. The van der Waals surface area contributed by atoms with Crippen LogP contribution in [0.5, 0.6) is 0 Å². The maximum Gasteiger partial charge on any atom is 0.120 e. The van der Waals surface area contributed by atoms with E-state index in [1.54, 1.807) is 6.26 Å². The maximum atomic E-state index is 5.29. The molecule has 3 heteroatoms. The molecule has 2 aromatic heterocycles. The number of nitrogens with one attached hydrogen (secondary N) is 2. The monoisotopic (exact) mass is 190 g/mol. The van der Waals surface area contributed by atoms with Gasteiger partial charge >= 0.3 is 0 Å². The first kappa shape index (κ1) is 9.09. The van der Waals surface area contributed by atoms with Crippen molar-refractivity contribution < 1.29 is 4.42 Å². The zero-order valence-electron chi connectivity index (χ0n) is 8.16. The molecule has 74 valence electrons. The van der Waals surface area contributed by atoms with Gasteiger partial charge in [-0.2, -0.15) is 0 Å². The average Bonchev–Trinajstić information content (AvgIpc) is 2.87. The van der Waals surface area contributed by atoms with Gasteiger partial charge in [0.15, 0.2) is 0 Å². The molecule has 0 amide bonds. The van der Waals surface area contributed by atoms with Crippen LogP contribution in [0.1, 0.15) is 24.3 Å². The van der Waals surface area contributed by atoms with Crippen LogP contribution in [0.2, 0.25) is 0 Å². The minimum Gasteiger partial charge on any atom is -0.468 e. The zero-order valence-corrected chi connectivity index (χ0v) is 8.16. The molecule has 2 heterocycles. The van der Waals surface area contributed by atoms with Gasteiger partial charge in [0.05, 0.1) is 12.3 Å². The van der Waals surface area contributed by atoms with Crippen molar-refractivity contribution in [1.29, 1.82) is 0 Å². The number of H-pyrrole nitrogens is 1. The quantitative estimate of drug-likeness (QED) is 0.777. The van der Waals surface area contributed by atoms with Crippen LogP contribution in [-0.4, -0.2) is 4.98 Å². The van der Waals surface area contributed by atoms with Gasteiger partial charge in [-0.25, -0.2) is 0 Å². The summed E-state index contributed by atoms with van der Waals surface area (Å²) >= 11 is 0. The lowest BCUT2D eigenvalue weighted by Crippen LogP contribution is -2.17. The molecule has 0 aliphatic heterocycles. The van der Waals surface area contributed by atoms with Crippen molar-refractivity contribution in [3.63, 3.8) is 0 Å². The van der Waals surface area contributed by atoms with Crippen molar-refractivity contribution in [2.24, 2.45) is 0 Å². The predicted molar refractivity (Wildman–Crippen MR) is 54.8 cm³/mol. The highest BCUT2D eigenvalue weighted by Crippen LogP contribution is 2.12. The van der Waals surface area contributed by atoms with E-state index in [0.717, 1.165) is 12.3 Å². The van der Waals surface area contributed by atoms with Crippen LogP contribution in [-0.2, 0) is 6.54 Å². The Morgan fingerprint density at radius 1 is 1.50 bits per heavy atom. The Labute approximate surface area is 83.1 Å². The molecule has 0 radical (unpaired) electrons. The normalized spacial score (nSPS) is 12.9. The van der Waals surface area contributed by atoms with Crippen LogP contribution < -0.4 is 5.32 Å². The minimum atomic E-state index is 0.250. The summed E-state index contributed by atoms with van der Waals surface area (Å²) in [6, 6.07) is 6.19. The topological polar surface area (TPSA) is 41.0 Å². The van der Waals surface area contributed by atoms with E-state index in [4.69, 9.17) is 4.42 Å². The molecule has 0 aromatic carbocycles. The summed E-state index contributed by atoms with van der Waals surface area (Å²) in [7, 11) is 0. The molecule has 0 saturated heterocycles. The lowest BCUT2D eigenvalue weighted by atomic mass is 10.2. The summed E-state index contributed by atoms with van der Waals surface area (Å²) in [6.45, 7) is 2.94. The average molecular weight is 190 g/mol. The second-order valence-corrected chi connectivity index (χ2v) is 3.34. The SMILES string of the molecule is CC(NCc1cc[nH]c1)c1ccco1. The van der Waals surface area contributed by atoms with E-state index in [2.05, 4.69) is 23.3 Å². The molecule has 0 fully saturated rings. The molecule has 0 saturated carbocycles. The zero-order chi connectivity index (χ0) is 9.80. The number of furan rings is 1. The first-order valence-corrected chi connectivity index (χ1v) is 4.75. The third kappa shape index (κ3) is 2.06. The van der Waals surface area contributed by atoms with Crippen LogP contribution in [0.25, 0.3) is 0 Å². The van der Waals surface area contributed by atoms with Gasteiger partial charge in [0.2, 0.25) is 0 Å². The molecule has 0 aliphatic rings. The predicted octanol–water partition coefficient (Wildman–Crippen LogP) is 2.46. The van der Waals surface area contributed by atoms with Crippen LogP contribution in [0.15, 0.2) is 41.3 Å². The Morgan fingerprint density at radius 2 is 2.43 bits per heavy atom. The molecular weight excluding hydrogens is 176 g/mol. The standard InChI is InChI=1S/C11H14N2O/c1-9(11-3-2-6-14-11)13-8-10-4-5-12-7-10/h2-7,9,12-13H,8H2,1H3. The highest BCUT2D eigenvalue weighted by Gasteiger charge is 2.06. The molecule has 2 N–H and O–H groups in total. The van der Waals surface area contributed by atoms with E-state index in [1.165, 1.54) is 5.56 Å². The minimum absolute atomic E-state index is 0.250. The lowest BCUT2D eigenvalue weighted by molar-refractivity contribution is 0.430. The number of hydrogen-bond acceptors (Lipinski definition) is 2. The van der Waals surface area contributed by atoms with Crippen molar-refractivity contribution in [2.45, 2.75) is 19.5 Å². The van der Waals surface area contributed by atoms with Crippen LogP contribution in [0, 0.1) is 0 Å². The molecule has 1 unspecified atom stereocenters. The van der Waals surface area contributed by atoms with E-state index >= 15 is 0 Å². The molecule has 14 heavy (non-hydrogen) atoms. The summed E-state index contributed by atoms with van der Waals surface area (Å²) in [5.74, 6) is 0.973. The molecule has 0 aliphatic carbocycles. The van der Waals surface area contributed by atoms with Crippen LogP contribution >= 0.6 is 0 Å². The number of hydrogen-bond donors (Lipinski definition) is 2. The summed E-state index contributed by atoms with van der Waals surface area (Å²) in [6.07, 6.45) is 5.61. The van der Waals surface area contributed by atoms with Gasteiger partial charge in [-0.3, -0.25) is 0 Å². The van der Waals surface area contributed by atoms with E-state index in [0.29, 0.717) is 0 Å². The largest absolute Gasteiger partial charge is 0.468 e. The van der Waals surface area contributed by atoms with Crippen LogP contribution in [0.4, 0.5) is 0 Å². The summed E-state index contributed by atoms with van der Waals surface area (Å²) in [5, 5.41) is 3.37. The Kier molecular flexibility index (Phi) is 2.70. The smallest absolute Gasteiger partial charge is 0.120 e. The third-order valence-corrected chi connectivity index (χ3v) is 2.24. The van der Waals surface area contributed by atoms with Gasteiger partial charge in [0, 0.05) is 18.9 Å². The van der Waals surface area contributed by atoms with Gasteiger partial charge in [0.1, 0.15) is 5.76 Å². The van der Waals surface area contributed by atoms with Gasteiger partial charge < -0.3 is 14.7 Å². The molecule has 2 aromatic rings. The first-order chi connectivity index (χ1) is 6.86. The van der Waals surface area contributed by atoms with Crippen molar-refractivity contribution in [3.05, 3.63) is 48.2 Å². The summed E-state index contributed by atoms with van der Waals surface area (Å²) in [5.41, 5.74) is 1.25. The molecule has 0 spiro atoms. The lowest BCUT2D eigenvalue weighted by Gasteiger charge is -2.09. The van der Waals surface area contributed by atoms with Crippen molar-refractivity contribution in [2.75, 3.05) is 0 Å². The fourth-order valence-electron chi connectivity index (χ4n) is 1.38. The van der Waals surface area contributed by atoms with Gasteiger partial charge in [0.25, 0.3) is 0 Å². The van der Waals surface area contributed by atoms with Crippen molar-refractivity contribution >= 4 is 0 Å². The maximum absolute atomic E-state index is 5.29. The number of aromatic nitrogens is 1. The van der Waals surface area contributed by atoms with Gasteiger partial charge in [-0.15, -0.1) is 0 Å². The van der Waals surface area contributed by atoms with E-state index < -0.39 is 0 Å². The second kappa shape index (κ2) is 4.15. The molecular formula is C11H14N2O. The fraction of sp³-hybridized carbons (Fsp3) is 0.273. The number of rotatable bonds is 4. The second-order valence-electron chi connectivity index (χ2n) is 3.34. The first-order valence-electron chi connectivity index (χ1n) is 4.75. The summed E-state index contributed by atoms with van der Waals surface area (Å²) < 4.78 is 5.29. The van der Waals surface area contributed by atoms with E-state index in [9.17, 15) is 0 Å². The van der Waals surface area contributed by atoms with E-state index in [-0.39, 0.29) is 6.04 Å². The Bertz CT molecular complexity index is 351. The highest BCUT2D eigenvalue weighted by molar-refractivity contribution is 5.09. The van der Waals surface area contributed by atoms with E-state index in [1.807, 2.05) is 24.5 Å². The number of aromatic amines is 1. The Hall–Kier alpha value is -1.48. The molecule has 3 nitrogen and oxygen atoms in total. The molecule has 0 bridgehead atoms. The van der Waals surface area contributed by atoms with Crippen molar-refractivity contribution in [3.8, 4) is 0 Å².